The van der Waals surface area contributed by atoms with E-state index in [1.54, 1.807) is 0 Å². The topological polar surface area (TPSA) is 52.0 Å². The summed E-state index contributed by atoms with van der Waals surface area (Å²) >= 11 is 0. The molecule has 0 aromatic heterocycles. The van der Waals surface area contributed by atoms with Crippen LogP contribution in [0.15, 0.2) is 48.5 Å². The molecule has 0 bridgehead atoms. The zero-order valence-corrected chi connectivity index (χ0v) is 15.0. The van der Waals surface area contributed by atoms with Crippen molar-refractivity contribution in [1.82, 2.24) is 0 Å². The van der Waals surface area contributed by atoms with Crippen molar-refractivity contribution in [3.63, 3.8) is 0 Å². The molecule has 0 aliphatic carbocycles. The van der Waals surface area contributed by atoms with Crippen LogP contribution in [0.4, 0.5) is 11.4 Å². The van der Waals surface area contributed by atoms with Crippen molar-refractivity contribution < 1.29 is 0 Å². The Kier molecular flexibility index (Phi) is 7.67. The molecule has 2 rings (SSSR count). The minimum absolute atomic E-state index is 0.798. The predicted octanol–water partition coefficient (Wildman–Crippen LogP) is 5.61. The second kappa shape index (κ2) is 10.0. The molecule has 2 heteroatoms. The molecule has 0 unspecified atom stereocenters. The van der Waals surface area contributed by atoms with Gasteiger partial charge in [0.15, 0.2) is 0 Å². The van der Waals surface area contributed by atoms with E-state index in [0.29, 0.717) is 0 Å². The lowest BCUT2D eigenvalue weighted by Gasteiger charge is -2.17. The smallest absolute Gasteiger partial charge is 0.0314 e. The number of aryl methyl sites for hydroxylation is 2. The molecule has 0 spiro atoms. The van der Waals surface area contributed by atoms with Crippen molar-refractivity contribution in [1.29, 1.82) is 0 Å². The van der Waals surface area contributed by atoms with Crippen molar-refractivity contribution >= 4 is 11.4 Å². The van der Waals surface area contributed by atoms with E-state index in [1.807, 2.05) is 24.3 Å². The van der Waals surface area contributed by atoms with Crippen molar-refractivity contribution in [3.8, 4) is 0 Å². The summed E-state index contributed by atoms with van der Waals surface area (Å²) in [5.41, 5.74) is 16.1. The van der Waals surface area contributed by atoms with Crippen LogP contribution in [-0.4, -0.2) is 0 Å². The fourth-order valence-corrected chi connectivity index (χ4v) is 3.23. The van der Waals surface area contributed by atoms with Crippen LogP contribution in [0.5, 0.6) is 0 Å². The van der Waals surface area contributed by atoms with Crippen molar-refractivity contribution in [3.05, 3.63) is 59.7 Å². The highest BCUT2D eigenvalue weighted by Crippen LogP contribution is 2.23. The second-order valence-electron chi connectivity index (χ2n) is 6.92. The number of hydrogen-bond donors (Lipinski definition) is 2. The van der Waals surface area contributed by atoms with E-state index >= 15 is 0 Å². The van der Waals surface area contributed by atoms with Gasteiger partial charge in [0.2, 0.25) is 0 Å². The number of rotatable bonds is 10. The lowest BCUT2D eigenvalue weighted by molar-refractivity contribution is 0.402. The number of unbranched alkanes of at least 4 members (excludes halogenated alkanes) is 2. The number of benzene rings is 2. The van der Waals surface area contributed by atoms with E-state index in [0.717, 1.165) is 30.1 Å². The lowest BCUT2D eigenvalue weighted by Crippen LogP contribution is -2.05. The first kappa shape index (κ1) is 18.4. The monoisotopic (exact) mass is 324 g/mol. The van der Waals surface area contributed by atoms with E-state index in [1.165, 1.54) is 49.7 Å². The van der Waals surface area contributed by atoms with Gasteiger partial charge in [-0.05, 0) is 67.0 Å². The van der Waals surface area contributed by atoms with E-state index in [9.17, 15) is 0 Å². The summed E-state index contributed by atoms with van der Waals surface area (Å²) < 4.78 is 0. The van der Waals surface area contributed by atoms with Gasteiger partial charge in [0.25, 0.3) is 0 Å². The van der Waals surface area contributed by atoms with Crippen molar-refractivity contribution in [2.75, 3.05) is 11.5 Å². The Morgan fingerprint density at radius 3 is 1.54 bits per heavy atom. The third-order valence-electron chi connectivity index (χ3n) is 4.86. The van der Waals surface area contributed by atoms with Gasteiger partial charge >= 0.3 is 0 Å². The molecule has 4 N–H and O–H groups in total. The van der Waals surface area contributed by atoms with E-state index in [-0.39, 0.29) is 0 Å². The summed E-state index contributed by atoms with van der Waals surface area (Å²) in [5, 5.41) is 0. The molecule has 0 radical (unpaired) electrons. The summed E-state index contributed by atoms with van der Waals surface area (Å²) in [6.07, 6.45) is 10.2. The molecule has 0 heterocycles. The number of nitrogens with two attached hydrogens (primary N) is 2. The molecule has 130 valence electrons. The Labute approximate surface area is 147 Å². The van der Waals surface area contributed by atoms with Crippen LogP contribution in [-0.2, 0) is 12.8 Å². The fraction of sp³-hybridized carbons (Fsp3) is 0.455. The second-order valence-corrected chi connectivity index (χ2v) is 6.92. The Morgan fingerprint density at radius 1 is 0.667 bits per heavy atom. The zero-order chi connectivity index (χ0) is 17.2. The van der Waals surface area contributed by atoms with Gasteiger partial charge in [0.05, 0.1) is 0 Å². The van der Waals surface area contributed by atoms with Gasteiger partial charge in [-0.25, -0.2) is 0 Å². The van der Waals surface area contributed by atoms with Crippen LogP contribution < -0.4 is 11.5 Å². The summed E-state index contributed by atoms with van der Waals surface area (Å²) in [4.78, 5) is 0. The number of anilines is 2. The summed E-state index contributed by atoms with van der Waals surface area (Å²) in [6.45, 7) is 2.28. The molecular weight excluding hydrogens is 292 g/mol. The average molecular weight is 325 g/mol. The average Bonchev–Trinajstić information content (AvgIpc) is 2.60. The third kappa shape index (κ3) is 6.66. The molecule has 0 atom stereocenters. The van der Waals surface area contributed by atoms with Crippen molar-refractivity contribution in [2.24, 2.45) is 5.92 Å². The molecule has 0 fully saturated rings. The van der Waals surface area contributed by atoms with Gasteiger partial charge in [-0.1, -0.05) is 56.9 Å². The summed E-state index contributed by atoms with van der Waals surface area (Å²) in [6, 6.07) is 16.7. The van der Waals surface area contributed by atoms with Gasteiger partial charge in [0, 0.05) is 11.4 Å². The minimum Gasteiger partial charge on any atom is -0.399 e. The van der Waals surface area contributed by atoms with Crippen LogP contribution in [0, 0.1) is 5.92 Å². The van der Waals surface area contributed by atoms with Gasteiger partial charge in [-0.3, -0.25) is 0 Å². The molecule has 0 saturated heterocycles. The number of hydrogen-bond acceptors (Lipinski definition) is 2. The zero-order valence-electron chi connectivity index (χ0n) is 15.0. The molecule has 2 aromatic carbocycles. The first-order valence-corrected chi connectivity index (χ1v) is 9.36. The minimum atomic E-state index is 0.798. The first-order chi connectivity index (χ1) is 11.7. The fourth-order valence-electron chi connectivity index (χ4n) is 3.23. The molecule has 0 amide bonds. The molecule has 0 aliphatic heterocycles. The predicted molar refractivity (Wildman–Crippen MR) is 106 cm³/mol. The van der Waals surface area contributed by atoms with Gasteiger partial charge in [-0.15, -0.1) is 0 Å². The highest BCUT2D eigenvalue weighted by Gasteiger charge is 2.10. The largest absolute Gasteiger partial charge is 0.399 e. The quantitative estimate of drug-likeness (QED) is 0.440. The lowest BCUT2D eigenvalue weighted by atomic mass is 9.89. The van der Waals surface area contributed by atoms with Crippen LogP contribution in [0.1, 0.15) is 56.6 Å². The van der Waals surface area contributed by atoms with E-state index in [4.69, 9.17) is 11.5 Å². The Bertz CT molecular complexity index is 522. The highest BCUT2D eigenvalue weighted by atomic mass is 14.5. The number of nitrogen functional groups attached to an aromatic ring is 2. The maximum atomic E-state index is 5.78. The van der Waals surface area contributed by atoms with E-state index in [2.05, 4.69) is 31.2 Å². The van der Waals surface area contributed by atoms with Gasteiger partial charge < -0.3 is 11.5 Å². The van der Waals surface area contributed by atoms with E-state index < -0.39 is 0 Å². The maximum Gasteiger partial charge on any atom is 0.0314 e. The van der Waals surface area contributed by atoms with Crippen LogP contribution in [0.3, 0.4) is 0 Å². The summed E-state index contributed by atoms with van der Waals surface area (Å²) in [7, 11) is 0. The van der Waals surface area contributed by atoms with Crippen LogP contribution in [0.25, 0.3) is 0 Å². The molecule has 2 nitrogen and oxygen atoms in total. The SMILES string of the molecule is CCCCCC(CCc1ccc(N)cc1)CCc1ccc(N)cc1. The standard InChI is InChI=1S/C22H32N2/c1-2-3-4-5-18(6-8-19-10-14-21(23)15-11-19)7-9-20-12-16-22(24)17-13-20/h10-18H,2-9,23-24H2,1H3. The molecular formula is C22H32N2. The molecule has 24 heavy (non-hydrogen) atoms. The summed E-state index contributed by atoms with van der Waals surface area (Å²) in [5.74, 6) is 0.798. The highest BCUT2D eigenvalue weighted by molar-refractivity contribution is 5.40. The molecule has 0 aliphatic rings. The van der Waals surface area contributed by atoms with Gasteiger partial charge in [0.1, 0.15) is 0 Å². The Morgan fingerprint density at radius 2 is 1.12 bits per heavy atom. The third-order valence-corrected chi connectivity index (χ3v) is 4.86. The van der Waals surface area contributed by atoms with Crippen LogP contribution in [0.2, 0.25) is 0 Å². The molecule has 2 aromatic rings. The normalized spacial score (nSPS) is 11.1. The van der Waals surface area contributed by atoms with Crippen molar-refractivity contribution in [2.45, 2.75) is 58.3 Å². The molecule has 0 saturated carbocycles. The Hall–Kier alpha value is -1.96. The van der Waals surface area contributed by atoms with Gasteiger partial charge in [-0.2, -0.15) is 0 Å². The maximum absolute atomic E-state index is 5.78. The van der Waals surface area contributed by atoms with Crippen LogP contribution >= 0.6 is 0 Å². The first-order valence-electron chi connectivity index (χ1n) is 9.36. The Balaban J connectivity index is 1.85.